The van der Waals surface area contributed by atoms with Gasteiger partial charge < -0.3 is 10.0 Å². The Labute approximate surface area is 79.7 Å². The summed E-state index contributed by atoms with van der Waals surface area (Å²) in [5, 5.41) is 18.0. The first-order valence-electron chi connectivity index (χ1n) is 6.00. The summed E-state index contributed by atoms with van der Waals surface area (Å²) in [6, 6.07) is -2.30. The van der Waals surface area contributed by atoms with Crippen LogP contribution in [0.5, 0.6) is 0 Å². The third-order valence-electron chi connectivity index (χ3n) is 1.18. The van der Waals surface area contributed by atoms with Crippen LogP contribution in [0.15, 0.2) is 18.1 Å². The van der Waals surface area contributed by atoms with E-state index in [-0.39, 0.29) is 0 Å². The molecule has 0 heterocycles. The van der Waals surface area contributed by atoms with Gasteiger partial charge in [0.2, 0.25) is 0 Å². The van der Waals surface area contributed by atoms with E-state index >= 15 is 0 Å². The van der Waals surface area contributed by atoms with Gasteiger partial charge in [-0.25, -0.2) is 4.85 Å². The molecule has 0 spiro atoms. The molecule has 0 fully saturated rings. The average Bonchev–Trinajstić information content (AvgIpc) is 2.20. The van der Waals surface area contributed by atoms with Crippen molar-refractivity contribution in [1.29, 1.82) is 0 Å². The van der Waals surface area contributed by atoms with Crippen LogP contribution in [0.4, 0.5) is 5.69 Å². The van der Waals surface area contributed by atoms with Crippen LogP contribution in [0, 0.1) is 13.4 Å². The summed E-state index contributed by atoms with van der Waals surface area (Å²) in [6.07, 6.45) is 0. The molecule has 0 radical (unpaired) electrons. The predicted octanol–water partition coefficient (Wildman–Crippen LogP) is 0.226. The second-order valence-corrected chi connectivity index (χ2v) is 2.00. The van der Waals surface area contributed by atoms with Crippen LogP contribution in [0.2, 0.25) is 0 Å². The van der Waals surface area contributed by atoms with Crippen LogP contribution in [0.1, 0.15) is 13.8 Å². The van der Waals surface area contributed by atoms with E-state index in [1.807, 2.05) is 0 Å². The summed E-state index contributed by atoms with van der Waals surface area (Å²) in [4.78, 5) is 2.86. The Bertz CT molecular complexity index is 536. The molecular weight excluding hydrogens is 153 g/mol. The zero-order chi connectivity index (χ0) is 14.2. The van der Waals surface area contributed by atoms with Crippen molar-refractivity contribution in [1.82, 2.24) is 0 Å². The Morgan fingerprint density at radius 1 is 1.67 bits per heavy atom. The van der Waals surface area contributed by atoms with E-state index in [1.165, 1.54) is 0 Å². The molecule has 12 heavy (non-hydrogen) atoms. The lowest BCUT2D eigenvalue weighted by Gasteiger charge is -2.01. The summed E-state index contributed by atoms with van der Waals surface area (Å²) < 4.78 is 44.2. The smallest absolute Gasteiger partial charge is 0.423 e. The molecule has 0 saturated carbocycles. The molecule has 0 aliphatic carbocycles. The average molecular weight is 167 g/mol. The van der Waals surface area contributed by atoms with E-state index < -0.39 is 48.8 Å². The van der Waals surface area contributed by atoms with Crippen LogP contribution < -0.4 is 5.46 Å². The van der Waals surface area contributed by atoms with E-state index in [0.717, 1.165) is 0 Å². The lowest BCUT2D eigenvalue weighted by molar-refractivity contribution is 0.426. The van der Waals surface area contributed by atoms with E-state index in [2.05, 4.69) is 4.85 Å². The van der Waals surface area contributed by atoms with Gasteiger partial charge in [0.1, 0.15) is 0 Å². The molecule has 0 unspecified atom stereocenters. The van der Waals surface area contributed by atoms with Gasteiger partial charge in [-0.2, -0.15) is 0 Å². The molecule has 0 aromatic heterocycles. The molecule has 2 N–H and O–H groups in total. The zero-order valence-corrected chi connectivity index (χ0v) is 5.92. The van der Waals surface area contributed by atoms with E-state index in [1.54, 1.807) is 0 Å². The first-order chi connectivity index (χ1) is 8.12. The van der Waals surface area contributed by atoms with Crippen LogP contribution in [0.25, 0.3) is 4.85 Å². The van der Waals surface area contributed by atoms with Crippen molar-refractivity contribution in [2.45, 2.75) is 6.85 Å². The number of benzene rings is 1. The van der Waals surface area contributed by atoms with Gasteiger partial charge >= 0.3 is 7.12 Å². The van der Waals surface area contributed by atoms with Gasteiger partial charge in [-0.15, -0.1) is 0 Å². The highest BCUT2D eigenvalue weighted by molar-refractivity contribution is 6.58. The van der Waals surface area contributed by atoms with Gasteiger partial charge in [0.15, 0.2) is 5.69 Å². The minimum atomic E-state index is -2.82. The fraction of sp³-hybridized carbons (Fsp3) is 0.125. The largest absolute Gasteiger partial charge is 0.487 e. The van der Waals surface area contributed by atoms with Crippen molar-refractivity contribution in [3.63, 3.8) is 0 Å². The Morgan fingerprint density at radius 2 is 2.42 bits per heavy atom. The summed E-state index contributed by atoms with van der Waals surface area (Å²) >= 11 is 0. The molecule has 0 saturated heterocycles. The van der Waals surface area contributed by atoms with Crippen molar-refractivity contribution in [3.05, 3.63) is 35.1 Å². The third-order valence-corrected chi connectivity index (χ3v) is 1.18. The van der Waals surface area contributed by atoms with Gasteiger partial charge in [0, 0.05) is 5.48 Å². The molecule has 1 rings (SSSR count). The molecule has 0 atom stereocenters. The Balaban J connectivity index is 3.85. The zero-order valence-electron chi connectivity index (χ0n) is 11.9. The van der Waals surface area contributed by atoms with E-state index in [0.29, 0.717) is 0 Å². The Morgan fingerprint density at radius 3 is 2.92 bits per heavy atom. The lowest BCUT2D eigenvalue weighted by Crippen LogP contribution is -2.29. The molecule has 0 aliphatic rings. The summed E-state index contributed by atoms with van der Waals surface area (Å²) in [6.45, 7) is 4.04. The molecular formula is C8H8BNO2. The Hall–Kier alpha value is -1.31. The minimum Gasteiger partial charge on any atom is -0.423 e. The number of hydrogen-bond acceptors (Lipinski definition) is 2. The highest BCUT2D eigenvalue weighted by Crippen LogP contribution is 2.15. The van der Waals surface area contributed by atoms with Gasteiger partial charge in [0.05, 0.1) is 9.31 Å². The van der Waals surface area contributed by atoms with Crippen molar-refractivity contribution < 1.29 is 18.3 Å². The first kappa shape index (κ1) is 3.61. The van der Waals surface area contributed by atoms with Crippen molar-refractivity contribution in [2.24, 2.45) is 0 Å². The standard InChI is InChI=1S/C8H8BNO2/c1-6-3-4-7(9(11)12)5-8(6)10-2/h3-5,11-12H,1H3/i1D3,3D,4D,5D. The SMILES string of the molecule is [2H]c1c([2H])c(C([2H])([2H])[2H])c([N+]#[C-])c([2H])c1B(O)O. The molecule has 1 aromatic rings. The lowest BCUT2D eigenvalue weighted by atomic mass is 9.80. The highest BCUT2D eigenvalue weighted by atomic mass is 16.4. The maximum absolute atomic E-state index is 9.01. The fourth-order valence-corrected chi connectivity index (χ4v) is 0.623. The van der Waals surface area contributed by atoms with Crippen LogP contribution in [-0.4, -0.2) is 17.2 Å². The monoisotopic (exact) mass is 167 g/mol. The van der Waals surface area contributed by atoms with E-state index in [4.69, 9.17) is 24.8 Å². The summed E-state index contributed by atoms with van der Waals surface area (Å²) in [5.41, 5.74) is -2.00. The topological polar surface area (TPSA) is 44.8 Å². The maximum atomic E-state index is 9.01. The number of hydrogen-bond donors (Lipinski definition) is 2. The number of rotatable bonds is 1. The van der Waals surface area contributed by atoms with E-state index in [9.17, 15) is 0 Å². The number of nitrogens with zero attached hydrogens (tertiary/aromatic N) is 1. The van der Waals surface area contributed by atoms with Crippen molar-refractivity contribution in [2.75, 3.05) is 0 Å². The van der Waals surface area contributed by atoms with Gasteiger partial charge in [-0.1, -0.05) is 18.1 Å². The second kappa shape index (κ2) is 3.39. The molecule has 0 bridgehead atoms. The minimum absolute atomic E-state index is 0.640. The van der Waals surface area contributed by atoms with Gasteiger partial charge in [-0.3, -0.25) is 0 Å². The summed E-state index contributed by atoms with van der Waals surface area (Å²) in [5.74, 6) is 0. The fourth-order valence-electron chi connectivity index (χ4n) is 0.623. The third kappa shape index (κ3) is 1.64. The van der Waals surface area contributed by atoms with Gasteiger partial charge in [0.25, 0.3) is 0 Å². The van der Waals surface area contributed by atoms with Crippen LogP contribution in [-0.2, 0) is 0 Å². The molecule has 3 nitrogen and oxygen atoms in total. The predicted molar refractivity (Wildman–Crippen MR) is 47.3 cm³/mol. The maximum Gasteiger partial charge on any atom is 0.487 e. The molecule has 60 valence electrons. The molecule has 0 amide bonds. The van der Waals surface area contributed by atoms with Crippen molar-refractivity contribution >= 4 is 18.3 Å². The molecule has 0 aliphatic heterocycles. The van der Waals surface area contributed by atoms with Crippen molar-refractivity contribution in [3.8, 4) is 0 Å². The summed E-state index contributed by atoms with van der Waals surface area (Å²) in [7, 11) is -2.21. The van der Waals surface area contributed by atoms with Crippen LogP contribution in [0.3, 0.4) is 0 Å². The van der Waals surface area contributed by atoms with Gasteiger partial charge in [-0.05, 0) is 17.9 Å². The Kier molecular flexibility index (Phi) is 1.02. The normalized spacial score (nSPS) is 17.4. The first-order valence-corrected chi connectivity index (χ1v) is 3.00. The quantitative estimate of drug-likeness (QED) is 0.464. The second-order valence-electron chi connectivity index (χ2n) is 2.00. The molecule has 4 heteroatoms. The molecule has 1 aromatic carbocycles. The van der Waals surface area contributed by atoms with Crippen LogP contribution >= 0.6 is 0 Å². The highest BCUT2D eigenvalue weighted by Gasteiger charge is 2.11.